The lowest BCUT2D eigenvalue weighted by Crippen LogP contribution is -2.24. The minimum absolute atomic E-state index is 0.439. The van der Waals surface area contributed by atoms with E-state index >= 15 is 0 Å². The van der Waals surface area contributed by atoms with E-state index in [0.717, 1.165) is 24.6 Å². The Morgan fingerprint density at radius 1 is 1.45 bits per heavy atom. The Labute approximate surface area is 120 Å². The van der Waals surface area contributed by atoms with Crippen molar-refractivity contribution < 1.29 is 9.90 Å². The number of nitrogens with one attached hydrogen (secondary N) is 1. The summed E-state index contributed by atoms with van der Waals surface area (Å²) in [6.07, 6.45) is 1.28. The van der Waals surface area contributed by atoms with Crippen molar-refractivity contribution in [2.24, 2.45) is 5.92 Å². The fourth-order valence-electron chi connectivity index (χ4n) is 2.68. The molecule has 1 aromatic rings. The van der Waals surface area contributed by atoms with Crippen LogP contribution in [0.2, 0.25) is 0 Å². The van der Waals surface area contributed by atoms with Crippen molar-refractivity contribution in [3.8, 4) is 0 Å². The molecule has 20 heavy (non-hydrogen) atoms. The number of hydrogen-bond acceptors (Lipinski definition) is 3. The quantitative estimate of drug-likeness (QED) is 0.833. The molecule has 1 saturated heterocycles. The molecular formula is C16H24N2O2. The van der Waals surface area contributed by atoms with Gasteiger partial charge in [-0.15, -0.1) is 0 Å². The molecule has 2 rings (SSSR count). The van der Waals surface area contributed by atoms with Crippen molar-refractivity contribution in [2.45, 2.75) is 25.8 Å². The number of hydrogen-bond donors (Lipinski definition) is 2. The summed E-state index contributed by atoms with van der Waals surface area (Å²) in [5, 5.41) is 12.5. The fourth-order valence-corrected chi connectivity index (χ4v) is 2.68. The Balaban J connectivity index is 1.77. The van der Waals surface area contributed by atoms with Gasteiger partial charge in [0, 0.05) is 13.1 Å². The Morgan fingerprint density at radius 3 is 2.70 bits per heavy atom. The standard InChI is InChI=1S/C16H24N2O2/c1-12(16(19)20)15-5-3-13(4-6-15)9-17-10-14-7-8-18(2)11-14/h3-6,12,14,17H,7-11H2,1-2H3,(H,19,20). The molecule has 0 spiro atoms. The second kappa shape index (κ2) is 6.86. The van der Waals surface area contributed by atoms with Gasteiger partial charge in [-0.1, -0.05) is 24.3 Å². The smallest absolute Gasteiger partial charge is 0.310 e. The van der Waals surface area contributed by atoms with E-state index in [0.29, 0.717) is 0 Å². The average Bonchev–Trinajstić information content (AvgIpc) is 2.84. The summed E-state index contributed by atoms with van der Waals surface area (Å²) in [4.78, 5) is 13.3. The third-order valence-corrected chi connectivity index (χ3v) is 4.10. The van der Waals surface area contributed by atoms with E-state index in [1.807, 2.05) is 24.3 Å². The number of carboxylic acid groups (broad SMARTS) is 1. The largest absolute Gasteiger partial charge is 0.481 e. The van der Waals surface area contributed by atoms with Crippen LogP contribution >= 0.6 is 0 Å². The maximum Gasteiger partial charge on any atom is 0.310 e. The zero-order valence-electron chi connectivity index (χ0n) is 12.3. The number of benzene rings is 1. The van der Waals surface area contributed by atoms with E-state index in [1.165, 1.54) is 25.1 Å². The zero-order valence-corrected chi connectivity index (χ0v) is 12.3. The maximum absolute atomic E-state index is 10.9. The summed E-state index contributed by atoms with van der Waals surface area (Å²) in [6, 6.07) is 7.86. The highest BCUT2D eigenvalue weighted by molar-refractivity contribution is 5.75. The summed E-state index contributed by atoms with van der Waals surface area (Å²) < 4.78 is 0. The summed E-state index contributed by atoms with van der Waals surface area (Å²) in [7, 11) is 2.17. The van der Waals surface area contributed by atoms with Gasteiger partial charge in [0.05, 0.1) is 5.92 Å². The number of carboxylic acids is 1. The first kappa shape index (κ1) is 15.0. The van der Waals surface area contributed by atoms with Gasteiger partial charge in [0.2, 0.25) is 0 Å². The highest BCUT2D eigenvalue weighted by Crippen LogP contribution is 2.16. The molecular weight excluding hydrogens is 252 g/mol. The van der Waals surface area contributed by atoms with Crippen LogP contribution in [0.25, 0.3) is 0 Å². The lowest BCUT2D eigenvalue weighted by atomic mass is 10.00. The molecule has 1 aromatic carbocycles. The fraction of sp³-hybridized carbons (Fsp3) is 0.562. The molecule has 110 valence electrons. The molecule has 1 aliphatic rings. The predicted octanol–water partition coefficient (Wildman–Crippen LogP) is 1.92. The second-order valence-electron chi connectivity index (χ2n) is 5.85. The Morgan fingerprint density at radius 2 is 2.15 bits per heavy atom. The van der Waals surface area contributed by atoms with E-state index in [4.69, 9.17) is 5.11 Å². The van der Waals surface area contributed by atoms with Gasteiger partial charge >= 0.3 is 5.97 Å². The van der Waals surface area contributed by atoms with Gasteiger partial charge < -0.3 is 15.3 Å². The van der Waals surface area contributed by atoms with Gasteiger partial charge in [0.25, 0.3) is 0 Å². The summed E-state index contributed by atoms with van der Waals surface area (Å²) >= 11 is 0. The molecule has 2 N–H and O–H groups in total. The number of aliphatic carboxylic acids is 1. The van der Waals surface area contributed by atoms with Crippen LogP contribution in [-0.4, -0.2) is 42.7 Å². The lowest BCUT2D eigenvalue weighted by Gasteiger charge is -2.12. The predicted molar refractivity (Wildman–Crippen MR) is 79.8 cm³/mol. The lowest BCUT2D eigenvalue weighted by molar-refractivity contribution is -0.138. The summed E-state index contributed by atoms with van der Waals surface area (Å²) in [5.41, 5.74) is 2.07. The van der Waals surface area contributed by atoms with Crippen LogP contribution < -0.4 is 5.32 Å². The molecule has 0 aromatic heterocycles. The van der Waals surface area contributed by atoms with Crippen LogP contribution in [0.15, 0.2) is 24.3 Å². The number of nitrogens with zero attached hydrogens (tertiary/aromatic N) is 1. The Hall–Kier alpha value is -1.39. The average molecular weight is 276 g/mol. The van der Waals surface area contributed by atoms with Crippen molar-refractivity contribution in [1.29, 1.82) is 0 Å². The van der Waals surface area contributed by atoms with Crippen LogP contribution in [-0.2, 0) is 11.3 Å². The number of likely N-dealkylation sites (tertiary alicyclic amines) is 1. The van der Waals surface area contributed by atoms with Crippen LogP contribution in [0.3, 0.4) is 0 Å². The van der Waals surface area contributed by atoms with Crippen molar-refractivity contribution in [3.05, 3.63) is 35.4 Å². The number of rotatable bonds is 6. The van der Waals surface area contributed by atoms with Crippen LogP contribution in [0.1, 0.15) is 30.4 Å². The monoisotopic (exact) mass is 276 g/mol. The third kappa shape index (κ3) is 4.05. The third-order valence-electron chi connectivity index (χ3n) is 4.10. The molecule has 2 unspecified atom stereocenters. The van der Waals surface area contributed by atoms with Crippen molar-refractivity contribution in [1.82, 2.24) is 10.2 Å². The van der Waals surface area contributed by atoms with E-state index in [2.05, 4.69) is 17.3 Å². The van der Waals surface area contributed by atoms with Crippen molar-refractivity contribution >= 4 is 5.97 Å². The van der Waals surface area contributed by atoms with Crippen molar-refractivity contribution in [3.63, 3.8) is 0 Å². The van der Waals surface area contributed by atoms with E-state index in [9.17, 15) is 4.79 Å². The zero-order chi connectivity index (χ0) is 14.5. The maximum atomic E-state index is 10.9. The van der Waals surface area contributed by atoms with Gasteiger partial charge in [-0.2, -0.15) is 0 Å². The van der Waals surface area contributed by atoms with Gasteiger partial charge in [0.15, 0.2) is 0 Å². The first-order valence-electron chi connectivity index (χ1n) is 7.27. The normalized spacial score (nSPS) is 21.0. The van der Waals surface area contributed by atoms with Crippen LogP contribution in [0.5, 0.6) is 0 Å². The first-order chi connectivity index (χ1) is 9.56. The van der Waals surface area contributed by atoms with Crippen LogP contribution in [0, 0.1) is 5.92 Å². The molecule has 2 atom stereocenters. The first-order valence-corrected chi connectivity index (χ1v) is 7.27. The number of carbonyl (C=O) groups is 1. The van der Waals surface area contributed by atoms with Gasteiger partial charge in [-0.3, -0.25) is 4.79 Å². The molecule has 0 aliphatic carbocycles. The molecule has 0 radical (unpaired) electrons. The summed E-state index contributed by atoms with van der Waals surface area (Å²) in [5.74, 6) is -0.460. The summed E-state index contributed by atoms with van der Waals surface area (Å²) in [6.45, 7) is 6.00. The molecule has 4 nitrogen and oxygen atoms in total. The van der Waals surface area contributed by atoms with Gasteiger partial charge in [0.1, 0.15) is 0 Å². The molecule has 0 bridgehead atoms. The van der Waals surface area contributed by atoms with Crippen LogP contribution in [0.4, 0.5) is 0 Å². The minimum atomic E-state index is -0.777. The Kier molecular flexibility index (Phi) is 5.15. The van der Waals surface area contributed by atoms with E-state index in [1.54, 1.807) is 6.92 Å². The Bertz CT molecular complexity index is 444. The molecule has 1 fully saturated rings. The molecule has 1 heterocycles. The van der Waals surface area contributed by atoms with Crippen molar-refractivity contribution in [2.75, 3.05) is 26.7 Å². The minimum Gasteiger partial charge on any atom is -0.481 e. The van der Waals surface area contributed by atoms with Gasteiger partial charge in [-0.25, -0.2) is 0 Å². The van der Waals surface area contributed by atoms with E-state index < -0.39 is 11.9 Å². The SMILES string of the molecule is CC(C(=O)O)c1ccc(CNCC2CCN(C)C2)cc1. The molecule has 4 heteroatoms. The highest BCUT2D eigenvalue weighted by atomic mass is 16.4. The highest BCUT2D eigenvalue weighted by Gasteiger charge is 2.18. The molecule has 1 aliphatic heterocycles. The molecule has 0 saturated carbocycles. The van der Waals surface area contributed by atoms with E-state index in [-0.39, 0.29) is 0 Å². The van der Waals surface area contributed by atoms with Gasteiger partial charge in [-0.05, 0) is 50.5 Å². The topological polar surface area (TPSA) is 52.6 Å². The second-order valence-corrected chi connectivity index (χ2v) is 5.85. The molecule has 0 amide bonds.